The minimum absolute atomic E-state index is 0.0490. The van der Waals surface area contributed by atoms with E-state index in [9.17, 15) is 18.0 Å². The Morgan fingerprint density at radius 1 is 1.21 bits per heavy atom. The van der Waals surface area contributed by atoms with E-state index >= 15 is 0 Å². The van der Waals surface area contributed by atoms with Crippen LogP contribution in [0.3, 0.4) is 0 Å². The Hall–Kier alpha value is -2.18. The molecule has 0 unspecified atom stereocenters. The lowest BCUT2D eigenvalue weighted by atomic mass is 10.1. The molecule has 0 radical (unpaired) electrons. The van der Waals surface area contributed by atoms with Crippen molar-refractivity contribution in [2.45, 2.75) is 20.0 Å². The molecule has 0 saturated carbocycles. The SMILES string of the molecule is Cc1ccc(-n2nnc(C=O)c2C(F)(F)F)cc1C. The number of carbonyl (C=O) groups excluding carboxylic acids is 1. The molecule has 0 saturated heterocycles. The number of hydrogen-bond donors (Lipinski definition) is 0. The molecule has 100 valence electrons. The van der Waals surface area contributed by atoms with Crippen LogP contribution in [-0.4, -0.2) is 21.3 Å². The normalized spacial score (nSPS) is 11.6. The van der Waals surface area contributed by atoms with Crippen LogP contribution in [0.15, 0.2) is 18.2 Å². The Morgan fingerprint density at radius 3 is 2.42 bits per heavy atom. The highest BCUT2D eigenvalue weighted by atomic mass is 19.4. The Balaban J connectivity index is 2.65. The summed E-state index contributed by atoms with van der Waals surface area (Å²) in [5.41, 5.74) is 0.120. The van der Waals surface area contributed by atoms with E-state index in [0.29, 0.717) is 4.68 Å². The summed E-state index contributed by atoms with van der Waals surface area (Å²) in [6.07, 6.45) is -4.65. The summed E-state index contributed by atoms with van der Waals surface area (Å²) in [5, 5.41) is 6.66. The third kappa shape index (κ3) is 2.35. The van der Waals surface area contributed by atoms with Gasteiger partial charge in [0.1, 0.15) is 0 Å². The molecular formula is C12H10F3N3O. The van der Waals surface area contributed by atoms with Gasteiger partial charge in [-0.1, -0.05) is 11.3 Å². The monoisotopic (exact) mass is 269 g/mol. The molecule has 19 heavy (non-hydrogen) atoms. The maximum Gasteiger partial charge on any atom is 0.435 e. The summed E-state index contributed by atoms with van der Waals surface area (Å²) in [7, 11) is 0. The summed E-state index contributed by atoms with van der Waals surface area (Å²) in [6.45, 7) is 3.63. The number of benzene rings is 1. The summed E-state index contributed by atoms with van der Waals surface area (Å²) in [6, 6.07) is 4.75. The van der Waals surface area contributed by atoms with Crippen LogP contribution in [0.4, 0.5) is 13.2 Å². The number of aromatic nitrogens is 3. The van der Waals surface area contributed by atoms with E-state index < -0.39 is 17.6 Å². The highest BCUT2D eigenvalue weighted by Crippen LogP contribution is 2.32. The summed E-state index contributed by atoms with van der Waals surface area (Å²) in [4.78, 5) is 10.6. The molecule has 0 bridgehead atoms. The number of aldehydes is 1. The predicted octanol–water partition coefficient (Wildman–Crippen LogP) is 2.72. The number of carbonyl (C=O) groups is 1. The van der Waals surface area contributed by atoms with E-state index in [-0.39, 0.29) is 12.0 Å². The fourth-order valence-corrected chi connectivity index (χ4v) is 1.68. The smallest absolute Gasteiger partial charge is 0.296 e. The van der Waals surface area contributed by atoms with Crippen molar-refractivity contribution in [1.29, 1.82) is 0 Å². The molecule has 2 rings (SSSR count). The zero-order chi connectivity index (χ0) is 14.2. The highest BCUT2D eigenvalue weighted by Gasteiger charge is 2.39. The molecule has 0 atom stereocenters. The molecule has 0 N–H and O–H groups in total. The molecule has 0 aliphatic carbocycles. The van der Waals surface area contributed by atoms with Gasteiger partial charge in [0.15, 0.2) is 17.7 Å². The lowest BCUT2D eigenvalue weighted by Gasteiger charge is -2.11. The maximum atomic E-state index is 12.9. The standard InChI is InChI=1S/C12H10F3N3O/c1-7-3-4-9(5-8(7)2)18-11(12(13,14)15)10(6-19)16-17-18/h3-6H,1-2H3. The van der Waals surface area contributed by atoms with Gasteiger partial charge in [-0.2, -0.15) is 13.2 Å². The largest absolute Gasteiger partial charge is 0.435 e. The van der Waals surface area contributed by atoms with E-state index in [4.69, 9.17) is 0 Å². The van der Waals surface area contributed by atoms with Crippen LogP contribution in [0.1, 0.15) is 27.3 Å². The van der Waals surface area contributed by atoms with Gasteiger partial charge in [0, 0.05) is 0 Å². The van der Waals surface area contributed by atoms with Crippen LogP contribution < -0.4 is 0 Å². The zero-order valence-electron chi connectivity index (χ0n) is 10.2. The van der Waals surface area contributed by atoms with E-state index in [2.05, 4.69) is 10.3 Å². The van der Waals surface area contributed by atoms with E-state index in [1.54, 1.807) is 19.1 Å². The van der Waals surface area contributed by atoms with Crippen molar-refractivity contribution >= 4 is 6.29 Å². The molecule has 0 spiro atoms. The first kappa shape index (κ1) is 13.3. The number of alkyl halides is 3. The second-order valence-corrected chi connectivity index (χ2v) is 4.12. The topological polar surface area (TPSA) is 47.8 Å². The Kier molecular flexibility index (Phi) is 3.13. The van der Waals surface area contributed by atoms with Gasteiger partial charge in [-0.05, 0) is 37.1 Å². The Morgan fingerprint density at radius 2 is 1.89 bits per heavy atom. The van der Waals surface area contributed by atoms with Crippen LogP contribution >= 0.6 is 0 Å². The molecule has 0 amide bonds. The molecule has 1 aromatic carbocycles. The van der Waals surface area contributed by atoms with Gasteiger partial charge in [-0.15, -0.1) is 5.10 Å². The quantitative estimate of drug-likeness (QED) is 0.787. The molecule has 7 heteroatoms. The van der Waals surface area contributed by atoms with Gasteiger partial charge in [0.05, 0.1) is 5.69 Å². The Labute approximate surface area is 106 Å². The van der Waals surface area contributed by atoms with Crippen molar-refractivity contribution in [3.63, 3.8) is 0 Å². The molecule has 4 nitrogen and oxygen atoms in total. The molecule has 0 aliphatic heterocycles. The van der Waals surface area contributed by atoms with Crippen molar-refractivity contribution in [3.05, 3.63) is 40.7 Å². The van der Waals surface area contributed by atoms with E-state index in [1.807, 2.05) is 6.92 Å². The average molecular weight is 269 g/mol. The summed E-state index contributed by atoms with van der Waals surface area (Å²) >= 11 is 0. The van der Waals surface area contributed by atoms with Crippen molar-refractivity contribution < 1.29 is 18.0 Å². The van der Waals surface area contributed by atoms with E-state index in [0.717, 1.165) is 11.1 Å². The Bertz CT molecular complexity index is 632. The van der Waals surface area contributed by atoms with Gasteiger partial charge in [-0.3, -0.25) is 4.79 Å². The molecular weight excluding hydrogens is 259 g/mol. The van der Waals surface area contributed by atoms with Crippen molar-refractivity contribution in [2.24, 2.45) is 0 Å². The molecule has 0 fully saturated rings. The predicted molar refractivity (Wildman–Crippen MR) is 61.2 cm³/mol. The first-order chi connectivity index (χ1) is 8.84. The van der Waals surface area contributed by atoms with Crippen LogP contribution in [0.5, 0.6) is 0 Å². The van der Waals surface area contributed by atoms with Crippen LogP contribution in [0.25, 0.3) is 5.69 Å². The zero-order valence-corrected chi connectivity index (χ0v) is 10.2. The van der Waals surface area contributed by atoms with Crippen LogP contribution in [-0.2, 0) is 6.18 Å². The number of nitrogens with zero attached hydrogens (tertiary/aromatic N) is 3. The molecule has 2 aromatic rings. The van der Waals surface area contributed by atoms with E-state index in [1.165, 1.54) is 6.07 Å². The summed E-state index contributed by atoms with van der Waals surface area (Å²) in [5.74, 6) is 0. The number of halogens is 3. The van der Waals surface area contributed by atoms with Gasteiger partial charge < -0.3 is 0 Å². The first-order valence-electron chi connectivity index (χ1n) is 5.40. The van der Waals surface area contributed by atoms with Crippen LogP contribution in [0, 0.1) is 13.8 Å². The number of hydrogen-bond acceptors (Lipinski definition) is 3. The lowest BCUT2D eigenvalue weighted by molar-refractivity contribution is -0.143. The fourth-order valence-electron chi connectivity index (χ4n) is 1.68. The lowest BCUT2D eigenvalue weighted by Crippen LogP contribution is -2.15. The minimum Gasteiger partial charge on any atom is -0.296 e. The van der Waals surface area contributed by atoms with Crippen LogP contribution in [0.2, 0.25) is 0 Å². The fraction of sp³-hybridized carbons (Fsp3) is 0.250. The first-order valence-corrected chi connectivity index (χ1v) is 5.40. The third-order valence-corrected chi connectivity index (χ3v) is 2.81. The highest BCUT2D eigenvalue weighted by molar-refractivity contribution is 5.74. The van der Waals surface area contributed by atoms with Crippen molar-refractivity contribution in [1.82, 2.24) is 15.0 Å². The van der Waals surface area contributed by atoms with Gasteiger partial charge in [0.2, 0.25) is 0 Å². The number of aryl methyl sites for hydroxylation is 2. The second-order valence-electron chi connectivity index (χ2n) is 4.12. The minimum atomic E-state index is -4.70. The molecule has 1 aromatic heterocycles. The summed E-state index contributed by atoms with van der Waals surface area (Å²) < 4.78 is 39.4. The van der Waals surface area contributed by atoms with Gasteiger partial charge in [-0.25, -0.2) is 4.68 Å². The van der Waals surface area contributed by atoms with Gasteiger partial charge >= 0.3 is 6.18 Å². The second kappa shape index (κ2) is 4.49. The molecule has 0 aliphatic rings. The average Bonchev–Trinajstić information content (AvgIpc) is 2.76. The number of rotatable bonds is 2. The van der Waals surface area contributed by atoms with Crippen molar-refractivity contribution in [2.75, 3.05) is 0 Å². The maximum absolute atomic E-state index is 12.9. The van der Waals surface area contributed by atoms with Crippen molar-refractivity contribution in [3.8, 4) is 5.69 Å². The third-order valence-electron chi connectivity index (χ3n) is 2.81. The molecule has 1 heterocycles. The van der Waals surface area contributed by atoms with Gasteiger partial charge in [0.25, 0.3) is 0 Å².